The fraction of sp³-hybridized carbons (Fsp3) is 0. The fourth-order valence-corrected chi connectivity index (χ4v) is 11.4. The Balaban J connectivity index is 0.000000334. The monoisotopic (exact) mass is 1160 g/mol. The van der Waals surface area contributed by atoms with E-state index in [1.54, 1.807) is 12.4 Å². The van der Waals surface area contributed by atoms with E-state index in [2.05, 4.69) is 253 Å². The number of benzene rings is 10. The maximum Gasteiger partial charge on any atom is 3.00 e. The van der Waals surface area contributed by atoms with Crippen molar-refractivity contribution in [2.24, 2.45) is 0 Å². The van der Waals surface area contributed by atoms with Gasteiger partial charge in [0.15, 0.2) is 0 Å². The van der Waals surface area contributed by atoms with Crippen LogP contribution in [0.2, 0.25) is 0 Å². The molecule has 0 amide bonds. The van der Waals surface area contributed by atoms with Crippen molar-refractivity contribution in [2.45, 2.75) is 0 Å². The number of fused-ring (bicyclic) bond motifs is 6. The molecule has 4 aromatic heterocycles. The third kappa shape index (κ3) is 9.56. The molecule has 0 aliphatic carbocycles. The second kappa shape index (κ2) is 21.5. The minimum Gasteiger partial charge on any atom is -0.305 e. The van der Waals surface area contributed by atoms with Crippen molar-refractivity contribution in [2.75, 3.05) is 0 Å². The van der Waals surface area contributed by atoms with E-state index < -0.39 is 0 Å². The number of nitrogens with zero attached hydrogens (tertiary/aromatic N) is 3. The number of rotatable bonds is 8. The van der Waals surface area contributed by atoms with Crippen molar-refractivity contribution in [3.8, 4) is 89.1 Å². The molecule has 0 fully saturated rings. The van der Waals surface area contributed by atoms with E-state index in [0.717, 1.165) is 83.1 Å². The van der Waals surface area contributed by atoms with Crippen molar-refractivity contribution in [3.63, 3.8) is 0 Å². The van der Waals surface area contributed by atoms with Gasteiger partial charge in [0.1, 0.15) is 0 Å². The van der Waals surface area contributed by atoms with Gasteiger partial charge in [0, 0.05) is 49.5 Å². The zero-order valence-electron chi connectivity index (χ0n) is 41.0. The Morgan fingerprint density at radius 2 is 0.803 bits per heavy atom. The van der Waals surface area contributed by atoms with Gasteiger partial charge < -0.3 is 4.98 Å². The SMILES string of the molecule is [Ir+3].[c-]1cccc(-c2ccccc2-c2cc(-c3ccccc3-c3c[c-]ccc3)cc(-c3ccccc3-c3c[c-]c(-c4cc(-c5ccc6c(c5)sc5ccccc56)ccn4)cc3)c2)c1.c1cnc2c(c1)ccc1cccnc12. The van der Waals surface area contributed by atoms with Crippen LogP contribution >= 0.6 is 11.3 Å². The van der Waals surface area contributed by atoms with Crippen molar-refractivity contribution in [1.82, 2.24) is 15.0 Å². The third-order valence-electron chi connectivity index (χ3n) is 13.9. The van der Waals surface area contributed by atoms with E-state index in [1.807, 2.05) is 41.8 Å². The summed E-state index contributed by atoms with van der Waals surface area (Å²) in [6.45, 7) is 0. The van der Waals surface area contributed by atoms with E-state index in [4.69, 9.17) is 4.98 Å². The van der Waals surface area contributed by atoms with E-state index in [1.165, 1.54) is 48.0 Å². The normalized spacial score (nSPS) is 11.1. The Labute approximate surface area is 459 Å². The van der Waals surface area contributed by atoms with Crippen LogP contribution in [0, 0.1) is 18.2 Å². The maximum absolute atomic E-state index is 4.80. The summed E-state index contributed by atoms with van der Waals surface area (Å²) < 4.78 is 2.61. The molecule has 14 aromatic rings. The predicted octanol–water partition coefficient (Wildman–Crippen LogP) is 19.0. The van der Waals surface area contributed by atoms with Crippen LogP contribution in [0.5, 0.6) is 0 Å². The summed E-state index contributed by atoms with van der Waals surface area (Å²) in [4.78, 5) is 13.5. The van der Waals surface area contributed by atoms with Gasteiger partial charge >= 0.3 is 20.1 Å². The predicted molar refractivity (Wildman–Crippen MR) is 314 cm³/mol. The second-order valence-electron chi connectivity index (χ2n) is 18.5. The first-order valence-corrected chi connectivity index (χ1v) is 25.9. The first-order valence-electron chi connectivity index (χ1n) is 25.0. The molecule has 4 heterocycles. The maximum atomic E-state index is 4.80. The standard InChI is InChI=1S/C59H36NS.C12H8N2.Ir/c1-3-15-40(16-4-1)49-19-7-10-22-52(49)46-35-47(53-23-11-8-20-50(53)41-17-5-2-6-18-41)37-48(36-46)54-24-12-9-21-51(54)42-27-29-43(30-28-42)57-38-45(33-34-60-57)44-31-32-56-55-25-13-14-26-58(55)61-59(56)39-44;1-3-9-5-6-10-4-2-8-14-12(10)11(9)13-7-1;/h1-3,5,7-29,31-39H;1-8H;/q-3;;+3. The van der Waals surface area contributed by atoms with Crippen LogP contribution in [0.15, 0.2) is 267 Å². The second-order valence-corrected chi connectivity index (χ2v) is 19.5. The van der Waals surface area contributed by atoms with Gasteiger partial charge in [-0.3, -0.25) is 9.97 Å². The number of thiophene rings is 1. The molecule has 0 unspecified atom stereocenters. The van der Waals surface area contributed by atoms with Crippen LogP contribution in [0.3, 0.4) is 0 Å². The minimum absolute atomic E-state index is 0. The molecule has 0 saturated heterocycles. The Bertz CT molecular complexity index is 4200. The van der Waals surface area contributed by atoms with Crippen molar-refractivity contribution < 1.29 is 20.1 Å². The molecule has 0 atom stereocenters. The van der Waals surface area contributed by atoms with Crippen LogP contribution in [0.1, 0.15) is 0 Å². The number of hydrogen-bond donors (Lipinski definition) is 0. The van der Waals surface area contributed by atoms with Crippen molar-refractivity contribution >= 4 is 53.3 Å². The van der Waals surface area contributed by atoms with Gasteiger partial charge in [-0.15, -0.1) is 52.3 Å². The summed E-state index contributed by atoms with van der Waals surface area (Å²) >= 11 is 1.84. The molecule has 0 saturated carbocycles. The molecule has 358 valence electrons. The van der Waals surface area contributed by atoms with Gasteiger partial charge in [0.2, 0.25) is 0 Å². The summed E-state index contributed by atoms with van der Waals surface area (Å²) in [6.07, 6.45) is 5.51. The van der Waals surface area contributed by atoms with Crippen LogP contribution < -0.4 is 0 Å². The molecule has 0 spiro atoms. The van der Waals surface area contributed by atoms with Crippen molar-refractivity contribution in [3.05, 3.63) is 286 Å². The molecule has 0 bridgehead atoms. The Hall–Kier alpha value is -8.96. The zero-order chi connectivity index (χ0) is 49.9. The summed E-state index contributed by atoms with van der Waals surface area (Å²) in [6, 6.07) is 98.1. The third-order valence-corrected chi connectivity index (χ3v) is 15.0. The molecule has 10 aromatic carbocycles. The summed E-state index contributed by atoms with van der Waals surface area (Å²) in [7, 11) is 0. The van der Waals surface area contributed by atoms with Crippen LogP contribution in [0.25, 0.3) is 131 Å². The van der Waals surface area contributed by atoms with Gasteiger partial charge in [-0.25, -0.2) is 0 Å². The average Bonchev–Trinajstić information content (AvgIpc) is 3.91. The van der Waals surface area contributed by atoms with E-state index >= 15 is 0 Å². The van der Waals surface area contributed by atoms with Crippen LogP contribution in [-0.4, -0.2) is 15.0 Å². The Kier molecular flexibility index (Phi) is 13.6. The fourth-order valence-electron chi connectivity index (χ4n) is 10.3. The number of aromatic nitrogens is 3. The molecular weight excluding hydrogens is 1120 g/mol. The molecule has 5 heteroatoms. The summed E-state index contributed by atoms with van der Waals surface area (Å²) in [5.41, 5.74) is 19.9. The molecule has 0 aliphatic rings. The summed E-state index contributed by atoms with van der Waals surface area (Å²) in [5.74, 6) is 0. The van der Waals surface area contributed by atoms with Gasteiger partial charge in [-0.1, -0.05) is 156 Å². The minimum atomic E-state index is 0. The summed E-state index contributed by atoms with van der Waals surface area (Å²) in [5, 5.41) is 4.89. The molecule has 0 N–H and O–H groups in total. The molecule has 0 radical (unpaired) electrons. The van der Waals surface area contributed by atoms with E-state index in [-0.39, 0.29) is 20.1 Å². The molecular formula is C71H44IrN3S. The molecule has 76 heavy (non-hydrogen) atoms. The first-order chi connectivity index (χ1) is 37.2. The van der Waals surface area contributed by atoms with Crippen LogP contribution in [0.4, 0.5) is 0 Å². The number of pyridine rings is 3. The Morgan fingerprint density at radius 3 is 1.33 bits per heavy atom. The molecule has 0 aliphatic heterocycles. The Morgan fingerprint density at radius 1 is 0.316 bits per heavy atom. The van der Waals surface area contributed by atoms with Gasteiger partial charge in [-0.05, 0) is 98.7 Å². The first kappa shape index (κ1) is 48.0. The van der Waals surface area contributed by atoms with E-state index in [0.29, 0.717) is 0 Å². The largest absolute Gasteiger partial charge is 3.00 e. The van der Waals surface area contributed by atoms with Gasteiger partial charge in [0.05, 0.1) is 11.0 Å². The zero-order valence-corrected chi connectivity index (χ0v) is 44.2. The number of hydrogen-bond acceptors (Lipinski definition) is 4. The van der Waals surface area contributed by atoms with Crippen LogP contribution in [-0.2, 0) is 20.1 Å². The molecule has 3 nitrogen and oxygen atoms in total. The van der Waals surface area contributed by atoms with Gasteiger partial charge in [0.25, 0.3) is 0 Å². The van der Waals surface area contributed by atoms with E-state index in [9.17, 15) is 0 Å². The smallest absolute Gasteiger partial charge is 0.305 e. The quantitative estimate of drug-likeness (QED) is 0.112. The average molecular weight is 1160 g/mol. The van der Waals surface area contributed by atoms with Gasteiger partial charge in [-0.2, -0.15) is 60.7 Å². The van der Waals surface area contributed by atoms with Crippen molar-refractivity contribution in [1.29, 1.82) is 0 Å². The topological polar surface area (TPSA) is 38.7 Å². The molecule has 14 rings (SSSR count).